The van der Waals surface area contributed by atoms with Crippen molar-refractivity contribution >= 4 is 21.4 Å². The van der Waals surface area contributed by atoms with Crippen LogP contribution in [0.2, 0.25) is 0 Å². The van der Waals surface area contributed by atoms with Crippen molar-refractivity contribution in [1.82, 2.24) is 10.2 Å². The summed E-state index contributed by atoms with van der Waals surface area (Å²) < 4.78 is 22.7. The maximum absolute atomic E-state index is 11.3. The van der Waals surface area contributed by atoms with E-state index < -0.39 is 9.84 Å². The van der Waals surface area contributed by atoms with E-state index in [0.29, 0.717) is 6.54 Å². The number of alkyl halides is 1. The van der Waals surface area contributed by atoms with Crippen molar-refractivity contribution in [2.24, 2.45) is 0 Å². The minimum atomic E-state index is -2.93. The summed E-state index contributed by atoms with van der Waals surface area (Å²) in [5.74, 6) is 0.532. The molecule has 0 saturated carbocycles. The van der Waals surface area contributed by atoms with E-state index in [9.17, 15) is 8.42 Å². The Morgan fingerprint density at radius 3 is 2.43 bits per heavy atom. The standard InChI is InChI=1S/C8H17ClN2O2S/c9-1-7-14(12,13)8-6-11-4-2-10-3-5-11/h10H,1-8H2. The molecule has 0 amide bonds. The molecule has 0 unspecified atom stereocenters. The first-order valence-corrected chi connectivity index (χ1v) is 7.19. The first-order valence-electron chi connectivity index (χ1n) is 4.83. The van der Waals surface area contributed by atoms with Gasteiger partial charge in [-0.1, -0.05) is 0 Å². The van der Waals surface area contributed by atoms with E-state index in [0.717, 1.165) is 26.2 Å². The van der Waals surface area contributed by atoms with Crippen LogP contribution in [0.3, 0.4) is 0 Å². The van der Waals surface area contributed by atoms with Gasteiger partial charge in [0.2, 0.25) is 0 Å². The second-order valence-electron chi connectivity index (χ2n) is 3.43. The van der Waals surface area contributed by atoms with Crippen molar-refractivity contribution in [3.05, 3.63) is 0 Å². The van der Waals surface area contributed by atoms with Gasteiger partial charge in [-0.2, -0.15) is 0 Å². The van der Waals surface area contributed by atoms with Crippen LogP contribution in [0, 0.1) is 0 Å². The molecule has 1 saturated heterocycles. The number of hydrogen-bond acceptors (Lipinski definition) is 4. The number of hydrogen-bond donors (Lipinski definition) is 1. The summed E-state index contributed by atoms with van der Waals surface area (Å²) >= 11 is 5.40. The molecule has 0 aromatic rings. The SMILES string of the molecule is O=S(=O)(CCCl)CCN1CCNCC1. The fourth-order valence-electron chi connectivity index (χ4n) is 1.42. The molecule has 1 fully saturated rings. The normalized spacial score (nSPS) is 19.8. The maximum atomic E-state index is 11.3. The first-order chi connectivity index (χ1) is 6.64. The Morgan fingerprint density at radius 1 is 1.21 bits per heavy atom. The van der Waals surface area contributed by atoms with Gasteiger partial charge in [-0.15, -0.1) is 11.6 Å². The summed E-state index contributed by atoms with van der Waals surface area (Å²) in [6, 6.07) is 0. The van der Waals surface area contributed by atoms with E-state index in [4.69, 9.17) is 11.6 Å². The maximum Gasteiger partial charge on any atom is 0.152 e. The minimum Gasteiger partial charge on any atom is -0.314 e. The summed E-state index contributed by atoms with van der Waals surface area (Å²) in [6.07, 6.45) is 0. The molecule has 6 heteroatoms. The van der Waals surface area contributed by atoms with Gasteiger partial charge in [-0.3, -0.25) is 4.90 Å². The first kappa shape index (κ1) is 12.2. The molecule has 0 spiro atoms. The van der Waals surface area contributed by atoms with Gasteiger partial charge in [0, 0.05) is 38.6 Å². The average Bonchev–Trinajstić information content (AvgIpc) is 2.17. The lowest BCUT2D eigenvalue weighted by atomic mass is 10.4. The van der Waals surface area contributed by atoms with Gasteiger partial charge < -0.3 is 5.32 Å². The van der Waals surface area contributed by atoms with Crippen LogP contribution in [0.4, 0.5) is 0 Å². The summed E-state index contributed by atoms with van der Waals surface area (Å²) in [6.45, 7) is 4.43. The van der Waals surface area contributed by atoms with Crippen LogP contribution in [-0.2, 0) is 9.84 Å². The molecule has 0 atom stereocenters. The van der Waals surface area contributed by atoms with E-state index in [1.807, 2.05) is 0 Å². The average molecular weight is 241 g/mol. The third-order valence-electron chi connectivity index (χ3n) is 2.32. The molecule has 14 heavy (non-hydrogen) atoms. The highest BCUT2D eigenvalue weighted by atomic mass is 35.5. The molecule has 0 aromatic carbocycles. The van der Waals surface area contributed by atoms with E-state index >= 15 is 0 Å². The second-order valence-corrected chi connectivity index (χ2v) is 6.11. The Bertz CT molecular complexity index is 250. The van der Waals surface area contributed by atoms with E-state index in [1.54, 1.807) is 0 Å². The highest BCUT2D eigenvalue weighted by Crippen LogP contribution is 1.97. The molecule has 0 aliphatic carbocycles. The van der Waals surface area contributed by atoms with Crippen molar-refractivity contribution in [2.45, 2.75) is 0 Å². The van der Waals surface area contributed by atoms with Crippen molar-refractivity contribution in [3.8, 4) is 0 Å². The van der Waals surface area contributed by atoms with Gasteiger partial charge in [0.1, 0.15) is 0 Å². The van der Waals surface area contributed by atoms with Crippen LogP contribution in [0.1, 0.15) is 0 Å². The van der Waals surface area contributed by atoms with Gasteiger partial charge in [0.25, 0.3) is 0 Å². The molecule has 0 radical (unpaired) electrons. The molecule has 0 bridgehead atoms. The lowest BCUT2D eigenvalue weighted by molar-refractivity contribution is 0.254. The van der Waals surface area contributed by atoms with Gasteiger partial charge in [-0.05, 0) is 0 Å². The van der Waals surface area contributed by atoms with Gasteiger partial charge in [0.15, 0.2) is 9.84 Å². The monoisotopic (exact) mass is 240 g/mol. The van der Waals surface area contributed by atoms with E-state index in [-0.39, 0.29) is 17.4 Å². The Hall–Kier alpha value is 0.160. The number of nitrogens with one attached hydrogen (secondary N) is 1. The molecular formula is C8H17ClN2O2S. The lowest BCUT2D eigenvalue weighted by Crippen LogP contribution is -2.45. The van der Waals surface area contributed by atoms with E-state index in [2.05, 4.69) is 10.2 Å². The summed E-state index contributed by atoms with van der Waals surface area (Å²) in [5.41, 5.74) is 0. The summed E-state index contributed by atoms with van der Waals surface area (Å²) in [4.78, 5) is 2.17. The van der Waals surface area contributed by atoms with Crippen LogP contribution in [0.5, 0.6) is 0 Å². The largest absolute Gasteiger partial charge is 0.314 e. The number of rotatable bonds is 5. The Labute approximate surface area is 90.5 Å². The Kier molecular flexibility index (Phi) is 5.15. The van der Waals surface area contributed by atoms with Crippen LogP contribution in [0.15, 0.2) is 0 Å². The predicted molar refractivity (Wildman–Crippen MR) is 58.7 cm³/mol. The molecule has 1 heterocycles. The summed E-state index contributed by atoms with van der Waals surface area (Å²) in [7, 11) is -2.93. The lowest BCUT2D eigenvalue weighted by Gasteiger charge is -2.26. The quantitative estimate of drug-likeness (QED) is 0.662. The number of halogens is 1. The molecule has 1 N–H and O–H groups in total. The fourth-order valence-corrected chi connectivity index (χ4v) is 3.10. The molecule has 84 valence electrons. The smallest absolute Gasteiger partial charge is 0.152 e. The zero-order chi connectivity index (χ0) is 10.4. The van der Waals surface area contributed by atoms with E-state index in [1.165, 1.54) is 0 Å². The molecule has 0 aromatic heterocycles. The second kappa shape index (κ2) is 5.90. The topological polar surface area (TPSA) is 49.4 Å². The molecular weight excluding hydrogens is 224 g/mol. The Balaban J connectivity index is 2.24. The highest BCUT2D eigenvalue weighted by Gasteiger charge is 2.14. The predicted octanol–water partition coefficient (Wildman–Crippen LogP) is -0.455. The van der Waals surface area contributed by atoms with Crippen molar-refractivity contribution in [3.63, 3.8) is 0 Å². The molecule has 1 rings (SSSR count). The van der Waals surface area contributed by atoms with Crippen LogP contribution >= 0.6 is 11.6 Å². The van der Waals surface area contributed by atoms with Gasteiger partial charge >= 0.3 is 0 Å². The fraction of sp³-hybridized carbons (Fsp3) is 1.00. The van der Waals surface area contributed by atoms with Crippen molar-refractivity contribution in [1.29, 1.82) is 0 Å². The molecule has 1 aliphatic heterocycles. The van der Waals surface area contributed by atoms with Crippen LogP contribution < -0.4 is 5.32 Å². The van der Waals surface area contributed by atoms with Crippen molar-refractivity contribution in [2.75, 3.05) is 50.1 Å². The number of nitrogens with zero attached hydrogens (tertiary/aromatic N) is 1. The third-order valence-corrected chi connectivity index (χ3v) is 4.36. The zero-order valence-corrected chi connectivity index (χ0v) is 9.78. The van der Waals surface area contributed by atoms with Crippen molar-refractivity contribution < 1.29 is 8.42 Å². The zero-order valence-electron chi connectivity index (χ0n) is 8.21. The number of piperazine rings is 1. The minimum absolute atomic E-state index is 0.0979. The summed E-state index contributed by atoms with van der Waals surface area (Å²) in [5, 5.41) is 3.22. The van der Waals surface area contributed by atoms with Gasteiger partial charge in [0.05, 0.1) is 11.5 Å². The molecule has 4 nitrogen and oxygen atoms in total. The van der Waals surface area contributed by atoms with Crippen LogP contribution in [0.25, 0.3) is 0 Å². The highest BCUT2D eigenvalue weighted by molar-refractivity contribution is 7.91. The Morgan fingerprint density at radius 2 is 1.86 bits per heavy atom. The van der Waals surface area contributed by atoms with Crippen LogP contribution in [-0.4, -0.2) is 63.4 Å². The van der Waals surface area contributed by atoms with Gasteiger partial charge in [-0.25, -0.2) is 8.42 Å². The number of sulfone groups is 1. The third kappa shape index (κ3) is 4.59. The molecule has 1 aliphatic rings.